The van der Waals surface area contributed by atoms with E-state index in [-0.39, 0.29) is 0 Å². The van der Waals surface area contributed by atoms with E-state index < -0.39 is 0 Å². The number of ether oxygens (including phenoxy) is 7. The maximum Gasteiger partial charge on any atom is 0.0701 e. The van der Waals surface area contributed by atoms with Crippen molar-refractivity contribution in [3.05, 3.63) is 0 Å². The maximum absolute atomic E-state index is 5.45. The summed E-state index contributed by atoms with van der Waals surface area (Å²) in [6.45, 7) is 9.84. The molecule has 0 saturated carbocycles. The highest BCUT2D eigenvalue weighted by molar-refractivity contribution is 4.45. The number of hydrogen-bond acceptors (Lipinski definition) is 8. The third-order valence-electron chi connectivity index (χ3n) is 3.08. The molecule has 0 radical (unpaired) electrons. The minimum absolute atomic E-state index is 0.563. The van der Waals surface area contributed by atoms with Crippen LogP contribution < -0.4 is 5.32 Å². The molecule has 1 N–H and O–H groups in total. The van der Waals surface area contributed by atoms with E-state index in [9.17, 15) is 0 Å². The summed E-state index contributed by atoms with van der Waals surface area (Å²) in [5.74, 6) is 0. The average Bonchev–Trinajstić information content (AvgIpc) is 2.59. The third-order valence-corrected chi connectivity index (χ3v) is 3.08. The van der Waals surface area contributed by atoms with Crippen LogP contribution in [0.5, 0.6) is 0 Å². The highest BCUT2D eigenvalue weighted by Crippen LogP contribution is 1.85. The molecule has 8 nitrogen and oxygen atoms in total. The van der Waals surface area contributed by atoms with Crippen molar-refractivity contribution in [2.24, 2.45) is 0 Å². The van der Waals surface area contributed by atoms with Crippen molar-refractivity contribution >= 4 is 0 Å². The van der Waals surface area contributed by atoms with Gasteiger partial charge in [0.15, 0.2) is 0 Å². The molecule has 1 aliphatic heterocycles. The van der Waals surface area contributed by atoms with Crippen LogP contribution in [-0.4, -0.2) is 106 Å². The summed E-state index contributed by atoms with van der Waals surface area (Å²) >= 11 is 0. The SMILES string of the molecule is C1COCCOCCOCCOCCOCCOCCOCCN1. The van der Waals surface area contributed by atoms with Crippen LogP contribution in [0.4, 0.5) is 0 Å². The fourth-order valence-electron chi connectivity index (χ4n) is 1.84. The molecule has 0 spiro atoms. The highest BCUT2D eigenvalue weighted by atomic mass is 16.6. The number of rotatable bonds is 0. The smallest absolute Gasteiger partial charge is 0.0701 e. The quantitative estimate of drug-likeness (QED) is 0.638. The first-order valence-electron chi connectivity index (χ1n) is 8.75. The first-order valence-corrected chi connectivity index (χ1v) is 8.75. The van der Waals surface area contributed by atoms with Gasteiger partial charge in [-0.05, 0) is 0 Å². The van der Waals surface area contributed by atoms with Crippen molar-refractivity contribution in [2.45, 2.75) is 0 Å². The van der Waals surface area contributed by atoms with E-state index in [1.165, 1.54) is 0 Å². The fourth-order valence-corrected chi connectivity index (χ4v) is 1.84. The van der Waals surface area contributed by atoms with E-state index in [2.05, 4.69) is 5.32 Å². The molecule has 8 heteroatoms. The second-order valence-corrected chi connectivity index (χ2v) is 5.04. The molecule has 0 aromatic rings. The van der Waals surface area contributed by atoms with Crippen molar-refractivity contribution in [3.63, 3.8) is 0 Å². The average molecular weight is 351 g/mol. The minimum Gasteiger partial charge on any atom is -0.378 e. The summed E-state index contributed by atoms with van der Waals surface area (Å²) in [7, 11) is 0. The Morgan fingerprint density at radius 1 is 0.292 bits per heavy atom. The van der Waals surface area contributed by atoms with Gasteiger partial charge in [-0.2, -0.15) is 0 Å². The molecule has 1 saturated heterocycles. The fraction of sp³-hybridized carbons (Fsp3) is 1.00. The molecule has 0 aromatic carbocycles. The van der Waals surface area contributed by atoms with E-state index in [1.54, 1.807) is 0 Å². The second-order valence-electron chi connectivity index (χ2n) is 5.04. The zero-order valence-corrected chi connectivity index (χ0v) is 14.7. The van der Waals surface area contributed by atoms with Crippen molar-refractivity contribution in [2.75, 3.05) is 106 Å². The highest BCUT2D eigenvalue weighted by Gasteiger charge is 1.95. The van der Waals surface area contributed by atoms with Gasteiger partial charge in [-0.15, -0.1) is 0 Å². The normalized spacial score (nSPS) is 24.0. The lowest BCUT2D eigenvalue weighted by atomic mass is 10.6. The Labute approximate surface area is 145 Å². The van der Waals surface area contributed by atoms with Gasteiger partial charge in [-0.25, -0.2) is 0 Å². The Balaban J connectivity index is 2.00. The van der Waals surface area contributed by atoms with E-state index in [4.69, 9.17) is 33.2 Å². The van der Waals surface area contributed by atoms with Gasteiger partial charge in [0, 0.05) is 13.1 Å². The molecule has 1 fully saturated rings. The Morgan fingerprint density at radius 2 is 0.500 bits per heavy atom. The lowest BCUT2D eigenvalue weighted by Gasteiger charge is -2.09. The van der Waals surface area contributed by atoms with Crippen LogP contribution in [0.25, 0.3) is 0 Å². The van der Waals surface area contributed by atoms with E-state index >= 15 is 0 Å². The maximum atomic E-state index is 5.45. The standard InChI is InChI=1S/C16H33NO7/c1-3-18-5-7-20-9-11-22-13-15-24-16-14-23-12-10-21-8-6-19-4-2-17-1/h17H,1-16H2. The van der Waals surface area contributed by atoms with E-state index in [0.29, 0.717) is 92.5 Å². The lowest BCUT2D eigenvalue weighted by molar-refractivity contribution is -0.0211. The summed E-state index contributed by atoms with van der Waals surface area (Å²) in [6.07, 6.45) is 0. The van der Waals surface area contributed by atoms with Crippen LogP contribution in [0.15, 0.2) is 0 Å². The Kier molecular flexibility index (Phi) is 17.2. The van der Waals surface area contributed by atoms with Gasteiger partial charge in [-0.3, -0.25) is 0 Å². The Hall–Kier alpha value is -0.320. The van der Waals surface area contributed by atoms with Crippen LogP contribution in [0.2, 0.25) is 0 Å². The predicted octanol–water partition coefficient (Wildman–Crippen LogP) is -0.294. The van der Waals surface area contributed by atoms with Gasteiger partial charge >= 0.3 is 0 Å². The molecule has 1 rings (SSSR count). The summed E-state index contributed by atoms with van der Waals surface area (Å²) < 4.78 is 37.9. The van der Waals surface area contributed by atoms with Crippen LogP contribution >= 0.6 is 0 Å². The predicted molar refractivity (Wildman–Crippen MR) is 88.6 cm³/mol. The van der Waals surface area contributed by atoms with E-state index in [0.717, 1.165) is 13.1 Å². The number of hydrogen-bond donors (Lipinski definition) is 1. The van der Waals surface area contributed by atoms with E-state index in [1.807, 2.05) is 0 Å². The van der Waals surface area contributed by atoms with Crippen molar-refractivity contribution in [1.29, 1.82) is 0 Å². The van der Waals surface area contributed by atoms with Crippen molar-refractivity contribution in [1.82, 2.24) is 5.32 Å². The molecule has 0 amide bonds. The van der Waals surface area contributed by atoms with Crippen LogP contribution in [0.3, 0.4) is 0 Å². The molecular formula is C16H33NO7. The summed E-state index contributed by atoms with van der Waals surface area (Å²) in [5, 5.41) is 3.25. The summed E-state index contributed by atoms with van der Waals surface area (Å²) in [4.78, 5) is 0. The van der Waals surface area contributed by atoms with Crippen LogP contribution in [-0.2, 0) is 33.2 Å². The Bertz CT molecular complexity index is 136. The zero-order valence-electron chi connectivity index (χ0n) is 14.7. The van der Waals surface area contributed by atoms with Gasteiger partial charge in [0.1, 0.15) is 0 Å². The monoisotopic (exact) mass is 351 g/mol. The molecule has 1 aliphatic rings. The first-order chi connectivity index (χ1) is 12.0. The minimum atomic E-state index is 0.563. The molecule has 144 valence electrons. The summed E-state index contributed by atoms with van der Waals surface area (Å²) in [6, 6.07) is 0. The molecule has 1 heterocycles. The van der Waals surface area contributed by atoms with Crippen LogP contribution in [0, 0.1) is 0 Å². The van der Waals surface area contributed by atoms with Gasteiger partial charge in [0.05, 0.1) is 92.5 Å². The molecule has 0 aliphatic carbocycles. The lowest BCUT2D eigenvalue weighted by Crippen LogP contribution is -2.25. The zero-order chi connectivity index (χ0) is 17.0. The summed E-state index contributed by atoms with van der Waals surface area (Å²) in [5.41, 5.74) is 0. The molecule has 0 atom stereocenters. The first kappa shape index (κ1) is 21.7. The van der Waals surface area contributed by atoms with Crippen molar-refractivity contribution < 1.29 is 33.2 Å². The van der Waals surface area contributed by atoms with Crippen LogP contribution in [0.1, 0.15) is 0 Å². The molecule has 24 heavy (non-hydrogen) atoms. The second kappa shape index (κ2) is 19.0. The number of nitrogens with one attached hydrogen (secondary N) is 1. The van der Waals surface area contributed by atoms with Gasteiger partial charge in [-0.1, -0.05) is 0 Å². The van der Waals surface area contributed by atoms with Gasteiger partial charge in [0.25, 0.3) is 0 Å². The third kappa shape index (κ3) is 16.5. The Morgan fingerprint density at radius 3 is 0.750 bits per heavy atom. The largest absolute Gasteiger partial charge is 0.378 e. The van der Waals surface area contributed by atoms with Crippen molar-refractivity contribution in [3.8, 4) is 0 Å². The molecular weight excluding hydrogens is 318 g/mol. The molecule has 0 unspecified atom stereocenters. The molecule has 0 aromatic heterocycles. The van der Waals surface area contributed by atoms with Gasteiger partial charge < -0.3 is 38.5 Å². The molecule has 0 bridgehead atoms. The topological polar surface area (TPSA) is 76.6 Å². The van der Waals surface area contributed by atoms with Gasteiger partial charge in [0.2, 0.25) is 0 Å².